The van der Waals surface area contributed by atoms with E-state index in [0.717, 1.165) is 6.07 Å². The summed E-state index contributed by atoms with van der Waals surface area (Å²) in [4.78, 5) is 13.6. The number of ether oxygens (including phenoxy) is 1. The molecule has 0 radical (unpaired) electrons. The van der Waals surface area contributed by atoms with Crippen molar-refractivity contribution in [3.05, 3.63) is 34.3 Å². The summed E-state index contributed by atoms with van der Waals surface area (Å²) in [5.41, 5.74) is -1.12. The van der Waals surface area contributed by atoms with Crippen LogP contribution in [0.15, 0.2) is 18.2 Å². The van der Waals surface area contributed by atoms with Crippen molar-refractivity contribution >= 4 is 17.5 Å². The Morgan fingerprint density at radius 2 is 1.89 bits per heavy atom. The molecule has 19 heavy (non-hydrogen) atoms. The number of carbonyl (C=O) groups excluding carboxylic acids is 1. The van der Waals surface area contributed by atoms with E-state index in [1.807, 2.05) is 0 Å². The zero-order valence-corrected chi connectivity index (χ0v) is 10.6. The molecule has 0 bridgehead atoms. The van der Waals surface area contributed by atoms with Crippen LogP contribution in [0.5, 0.6) is 0 Å². The Hall–Kier alpha value is -1.27. The zero-order valence-electron chi connectivity index (χ0n) is 9.84. The number of hydrogen-bond acceptors (Lipinski definition) is 2. The number of amides is 1. The molecule has 1 heterocycles. The van der Waals surface area contributed by atoms with E-state index in [4.69, 9.17) is 16.3 Å². The number of benzene rings is 1. The van der Waals surface area contributed by atoms with Crippen molar-refractivity contribution in [2.75, 3.05) is 26.3 Å². The van der Waals surface area contributed by atoms with Crippen molar-refractivity contribution in [3.63, 3.8) is 0 Å². The Morgan fingerprint density at radius 1 is 1.26 bits per heavy atom. The molecule has 1 fully saturated rings. The third-order valence-corrected chi connectivity index (χ3v) is 3.24. The van der Waals surface area contributed by atoms with Gasteiger partial charge in [0.05, 0.1) is 29.4 Å². The van der Waals surface area contributed by atoms with Crippen molar-refractivity contribution in [3.8, 4) is 0 Å². The van der Waals surface area contributed by atoms with Gasteiger partial charge in [-0.05, 0) is 12.1 Å². The fraction of sp³-hybridized carbons (Fsp3) is 0.417. The highest BCUT2D eigenvalue weighted by molar-refractivity contribution is 6.34. The number of morpholine rings is 1. The summed E-state index contributed by atoms with van der Waals surface area (Å²) in [5, 5.41) is -0.550. The minimum atomic E-state index is -4.57. The van der Waals surface area contributed by atoms with Crippen molar-refractivity contribution in [1.82, 2.24) is 4.90 Å². The maximum absolute atomic E-state index is 12.7. The van der Waals surface area contributed by atoms with Crippen LogP contribution in [0, 0.1) is 0 Å². The first kappa shape index (κ1) is 14.1. The highest BCUT2D eigenvalue weighted by atomic mass is 35.5. The van der Waals surface area contributed by atoms with Crippen LogP contribution in [0.1, 0.15) is 15.9 Å². The predicted octanol–water partition coefficient (Wildman–Crippen LogP) is 2.83. The molecular weight excluding hydrogens is 283 g/mol. The van der Waals surface area contributed by atoms with Crippen molar-refractivity contribution in [1.29, 1.82) is 0 Å². The predicted molar refractivity (Wildman–Crippen MR) is 63.2 cm³/mol. The summed E-state index contributed by atoms with van der Waals surface area (Å²) < 4.78 is 43.2. The van der Waals surface area contributed by atoms with Crippen LogP contribution in [0.25, 0.3) is 0 Å². The molecule has 0 spiro atoms. The summed E-state index contributed by atoms with van der Waals surface area (Å²) in [6.07, 6.45) is -4.57. The molecule has 0 aliphatic carbocycles. The van der Waals surface area contributed by atoms with E-state index in [9.17, 15) is 18.0 Å². The average Bonchev–Trinajstić information content (AvgIpc) is 2.38. The summed E-state index contributed by atoms with van der Waals surface area (Å²) >= 11 is 5.71. The van der Waals surface area contributed by atoms with Crippen molar-refractivity contribution < 1.29 is 22.7 Å². The smallest absolute Gasteiger partial charge is 0.378 e. The van der Waals surface area contributed by atoms with Crippen LogP contribution >= 0.6 is 11.6 Å². The Kier molecular flexibility index (Phi) is 4.01. The lowest BCUT2D eigenvalue weighted by atomic mass is 10.1. The first-order chi connectivity index (χ1) is 8.91. The normalized spacial score (nSPS) is 16.5. The fourth-order valence-electron chi connectivity index (χ4n) is 1.85. The molecule has 1 aromatic carbocycles. The van der Waals surface area contributed by atoms with Crippen molar-refractivity contribution in [2.24, 2.45) is 0 Å². The highest BCUT2D eigenvalue weighted by Crippen LogP contribution is 2.36. The molecule has 3 nitrogen and oxygen atoms in total. The Balaban J connectivity index is 2.32. The van der Waals surface area contributed by atoms with Gasteiger partial charge in [0.25, 0.3) is 5.91 Å². The Morgan fingerprint density at radius 3 is 2.47 bits per heavy atom. The number of halogens is 4. The lowest BCUT2D eigenvalue weighted by Crippen LogP contribution is -2.40. The zero-order chi connectivity index (χ0) is 14.0. The largest absolute Gasteiger partial charge is 0.417 e. The number of alkyl halides is 3. The second-order valence-electron chi connectivity index (χ2n) is 4.07. The van der Waals surface area contributed by atoms with E-state index in [1.54, 1.807) is 0 Å². The van der Waals surface area contributed by atoms with Gasteiger partial charge < -0.3 is 9.64 Å². The molecule has 2 rings (SSSR count). The summed E-state index contributed by atoms with van der Waals surface area (Å²) in [6, 6.07) is 3.34. The number of hydrogen-bond donors (Lipinski definition) is 0. The molecule has 7 heteroatoms. The number of rotatable bonds is 1. The Labute approximate surface area is 112 Å². The third-order valence-electron chi connectivity index (χ3n) is 2.83. The van der Waals surface area contributed by atoms with E-state index in [2.05, 4.69) is 0 Å². The Bertz CT molecular complexity index is 484. The molecule has 0 N–H and O–H groups in total. The highest BCUT2D eigenvalue weighted by Gasteiger charge is 2.35. The molecule has 0 saturated carbocycles. The molecule has 1 aliphatic rings. The minimum Gasteiger partial charge on any atom is -0.378 e. The summed E-state index contributed by atoms with van der Waals surface area (Å²) in [5.74, 6) is -0.501. The van der Waals surface area contributed by atoms with Crippen LogP contribution in [-0.2, 0) is 10.9 Å². The first-order valence-electron chi connectivity index (χ1n) is 5.64. The van der Waals surface area contributed by atoms with Gasteiger partial charge >= 0.3 is 6.18 Å². The molecule has 1 aliphatic heterocycles. The van der Waals surface area contributed by atoms with Gasteiger partial charge in [0.15, 0.2) is 0 Å². The van der Waals surface area contributed by atoms with E-state index in [0.29, 0.717) is 26.3 Å². The minimum absolute atomic E-state index is 0.126. The van der Waals surface area contributed by atoms with Gasteiger partial charge in [-0.15, -0.1) is 0 Å². The van der Waals surface area contributed by atoms with Gasteiger partial charge in [0.1, 0.15) is 0 Å². The molecular formula is C12H11ClF3NO2. The number of carbonyl (C=O) groups is 1. The van der Waals surface area contributed by atoms with E-state index < -0.39 is 22.7 Å². The van der Waals surface area contributed by atoms with Crippen LogP contribution in [-0.4, -0.2) is 37.1 Å². The van der Waals surface area contributed by atoms with Gasteiger partial charge in [0, 0.05) is 13.1 Å². The topological polar surface area (TPSA) is 29.5 Å². The lowest BCUT2D eigenvalue weighted by Gasteiger charge is -2.27. The average molecular weight is 294 g/mol. The molecule has 0 unspecified atom stereocenters. The lowest BCUT2D eigenvalue weighted by molar-refractivity contribution is -0.137. The second-order valence-corrected chi connectivity index (χ2v) is 4.45. The van der Waals surface area contributed by atoms with Crippen LogP contribution in [0.2, 0.25) is 5.02 Å². The van der Waals surface area contributed by atoms with Gasteiger partial charge in [-0.25, -0.2) is 0 Å². The summed E-state index contributed by atoms with van der Waals surface area (Å²) in [7, 11) is 0. The number of nitrogens with zero attached hydrogens (tertiary/aromatic N) is 1. The summed E-state index contributed by atoms with van der Waals surface area (Å²) in [6.45, 7) is 1.46. The van der Waals surface area contributed by atoms with E-state index >= 15 is 0 Å². The molecule has 1 amide bonds. The van der Waals surface area contributed by atoms with Crippen LogP contribution < -0.4 is 0 Å². The molecule has 1 saturated heterocycles. The second kappa shape index (κ2) is 5.38. The molecule has 0 aromatic heterocycles. The van der Waals surface area contributed by atoms with Crippen LogP contribution in [0.4, 0.5) is 13.2 Å². The van der Waals surface area contributed by atoms with Crippen molar-refractivity contribution in [2.45, 2.75) is 6.18 Å². The van der Waals surface area contributed by atoms with Gasteiger partial charge in [0.2, 0.25) is 0 Å². The van der Waals surface area contributed by atoms with Gasteiger partial charge in [-0.2, -0.15) is 13.2 Å². The fourth-order valence-corrected chi connectivity index (χ4v) is 2.17. The molecule has 1 aromatic rings. The molecule has 0 atom stereocenters. The van der Waals surface area contributed by atoms with Crippen LogP contribution in [0.3, 0.4) is 0 Å². The SMILES string of the molecule is O=C(c1cccc(C(F)(F)F)c1Cl)N1CCOCC1. The van der Waals surface area contributed by atoms with E-state index in [-0.39, 0.29) is 5.56 Å². The molecule has 104 valence electrons. The third kappa shape index (κ3) is 3.01. The van der Waals surface area contributed by atoms with Gasteiger partial charge in [-0.1, -0.05) is 17.7 Å². The van der Waals surface area contributed by atoms with E-state index in [1.165, 1.54) is 17.0 Å². The standard InChI is InChI=1S/C12H11ClF3NO2/c13-10-8(2-1-3-9(10)12(14,15)16)11(18)17-4-6-19-7-5-17/h1-3H,4-7H2. The maximum atomic E-state index is 12.7. The first-order valence-corrected chi connectivity index (χ1v) is 6.02. The van der Waals surface area contributed by atoms with Gasteiger partial charge in [-0.3, -0.25) is 4.79 Å². The maximum Gasteiger partial charge on any atom is 0.417 e. The quantitative estimate of drug-likeness (QED) is 0.797. The monoisotopic (exact) mass is 293 g/mol.